The molecule has 1 spiro atoms. The molecule has 0 atom stereocenters. The standard InChI is InChI=1S/C59H38/c1-2-21-49-41(13-1)14-12-25-50(49)48-20-11-19-46(37-48)44-17-9-15-42(35-44)39-29-31-40(32-30-39)43-16-10-18-45(36-43)47-33-34-54-53-24-5-8-28-57(53)59(58(54)38-47)55-26-6-3-22-51(55)52-23-4-7-27-56(52)59/h1-38H. The Kier molecular flexibility index (Phi) is 7.55. The van der Waals surface area contributed by atoms with E-state index in [-0.39, 0.29) is 5.41 Å². The molecule has 59 heavy (non-hydrogen) atoms. The summed E-state index contributed by atoms with van der Waals surface area (Å²) in [6, 6.07) is 85.4. The highest BCUT2D eigenvalue weighted by atomic mass is 14.5. The second kappa shape index (κ2) is 13.3. The van der Waals surface area contributed by atoms with Crippen molar-refractivity contribution in [2.24, 2.45) is 0 Å². The van der Waals surface area contributed by atoms with Gasteiger partial charge < -0.3 is 0 Å². The quantitative estimate of drug-likeness (QED) is 0.165. The molecule has 274 valence electrons. The van der Waals surface area contributed by atoms with Gasteiger partial charge in [0.05, 0.1) is 5.41 Å². The molecule has 0 aromatic heterocycles. The molecule has 12 rings (SSSR count). The molecule has 0 aliphatic heterocycles. The van der Waals surface area contributed by atoms with E-state index in [1.807, 2.05) is 0 Å². The highest BCUT2D eigenvalue weighted by Gasteiger charge is 2.51. The first-order valence-electron chi connectivity index (χ1n) is 20.6. The van der Waals surface area contributed by atoms with Gasteiger partial charge in [-0.2, -0.15) is 0 Å². The summed E-state index contributed by atoms with van der Waals surface area (Å²) in [6.07, 6.45) is 0. The third-order valence-electron chi connectivity index (χ3n) is 12.9. The summed E-state index contributed by atoms with van der Waals surface area (Å²) < 4.78 is 0. The van der Waals surface area contributed by atoms with Crippen LogP contribution in [0.1, 0.15) is 22.3 Å². The van der Waals surface area contributed by atoms with Crippen molar-refractivity contribution in [1.29, 1.82) is 0 Å². The van der Waals surface area contributed by atoms with Crippen LogP contribution in [0, 0.1) is 0 Å². The molecular formula is C59H38. The topological polar surface area (TPSA) is 0 Å². The Hall–Kier alpha value is -7.54. The Labute approximate surface area is 345 Å². The zero-order chi connectivity index (χ0) is 38.9. The molecule has 0 amide bonds. The van der Waals surface area contributed by atoms with Crippen LogP contribution in [-0.2, 0) is 5.41 Å². The fourth-order valence-corrected chi connectivity index (χ4v) is 10.2. The maximum absolute atomic E-state index is 2.47. The van der Waals surface area contributed by atoms with E-state index in [4.69, 9.17) is 0 Å². The van der Waals surface area contributed by atoms with Gasteiger partial charge in [0, 0.05) is 0 Å². The molecule has 10 aromatic carbocycles. The smallest absolute Gasteiger partial charge is 0.0619 e. The van der Waals surface area contributed by atoms with E-state index in [0.29, 0.717) is 0 Å². The molecule has 10 aromatic rings. The first-order valence-corrected chi connectivity index (χ1v) is 20.6. The Bertz CT molecular complexity index is 3200. The maximum Gasteiger partial charge on any atom is 0.0725 e. The molecule has 2 aliphatic rings. The third-order valence-corrected chi connectivity index (χ3v) is 12.9. The SMILES string of the molecule is c1cc(-c2ccc(-c3cccc(-c4ccc5c(c4)C4(c6ccccc6-c6ccccc64)c4ccccc4-5)c3)cc2)cc(-c2cccc(-c3cccc4ccccc34)c2)c1. The Morgan fingerprint density at radius 1 is 0.203 bits per heavy atom. The van der Waals surface area contributed by atoms with E-state index >= 15 is 0 Å². The second-order valence-electron chi connectivity index (χ2n) is 16.0. The van der Waals surface area contributed by atoms with Crippen LogP contribution < -0.4 is 0 Å². The number of hydrogen-bond acceptors (Lipinski definition) is 0. The van der Waals surface area contributed by atoms with E-state index in [1.54, 1.807) is 0 Å². The predicted octanol–water partition coefficient (Wildman–Crippen LogP) is 15.5. The lowest BCUT2D eigenvalue weighted by Gasteiger charge is -2.30. The molecule has 0 unspecified atom stereocenters. The van der Waals surface area contributed by atoms with E-state index in [9.17, 15) is 0 Å². The van der Waals surface area contributed by atoms with Crippen molar-refractivity contribution < 1.29 is 0 Å². The van der Waals surface area contributed by atoms with Crippen molar-refractivity contribution in [1.82, 2.24) is 0 Å². The number of benzene rings is 10. The number of fused-ring (bicyclic) bond motifs is 11. The third kappa shape index (κ3) is 5.17. The lowest BCUT2D eigenvalue weighted by molar-refractivity contribution is 0.794. The van der Waals surface area contributed by atoms with Gasteiger partial charge in [-0.15, -0.1) is 0 Å². The summed E-state index contributed by atoms with van der Waals surface area (Å²) in [7, 11) is 0. The molecule has 0 N–H and O–H groups in total. The van der Waals surface area contributed by atoms with Crippen LogP contribution in [0.15, 0.2) is 231 Å². The molecule has 0 heterocycles. The maximum atomic E-state index is 2.47. The summed E-state index contributed by atoms with van der Waals surface area (Å²) >= 11 is 0. The van der Waals surface area contributed by atoms with Gasteiger partial charge in [0.2, 0.25) is 0 Å². The lowest BCUT2D eigenvalue weighted by Crippen LogP contribution is -2.25. The van der Waals surface area contributed by atoms with Crippen molar-refractivity contribution in [3.05, 3.63) is 253 Å². The molecule has 0 fully saturated rings. The second-order valence-corrected chi connectivity index (χ2v) is 16.0. The molecule has 2 aliphatic carbocycles. The monoisotopic (exact) mass is 746 g/mol. The van der Waals surface area contributed by atoms with Crippen LogP contribution >= 0.6 is 0 Å². The minimum atomic E-state index is -0.348. The van der Waals surface area contributed by atoms with Gasteiger partial charge in [-0.3, -0.25) is 0 Å². The zero-order valence-electron chi connectivity index (χ0n) is 32.4. The first-order chi connectivity index (χ1) is 29.2. The van der Waals surface area contributed by atoms with Crippen molar-refractivity contribution >= 4 is 10.8 Å². The Morgan fingerprint density at radius 3 is 1.12 bits per heavy atom. The summed E-state index contributed by atoms with van der Waals surface area (Å²) in [4.78, 5) is 0. The lowest BCUT2D eigenvalue weighted by atomic mass is 9.70. The van der Waals surface area contributed by atoms with Crippen LogP contribution in [0.4, 0.5) is 0 Å². The number of hydrogen-bond donors (Lipinski definition) is 0. The van der Waals surface area contributed by atoms with Gasteiger partial charge in [0.15, 0.2) is 0 Å². The van der Waals surface area contributed by atoms with Crippen LogP contribution in [0.2, 0.25) is 0 Å². The summed E-state index contributed by atoms with van der Waals surface area (Å²) in [6.45, 7) is 0. The molecule has 0 saturated carbocycles. The molecule has 0 radical (unpaired) electrons. The average molecular weight is 747 g/mol. The van der Waals surface area contributed by atoms with Crippen molar-refractivity contribution in [3.63, 3.8) is 0 Å². The highest BCUT2D eigenvalue weighted by molar-refractivity contribution is 5.98. The highest BCUT2D eigenvalue weighted by Crippen LogP contribution is 2.63. The van der Waals surface area contributed by atoms with Crippen molar-refractivity contribution in [2.75, 3.05) is 0 Å². The van der Waals surface area contributed by atoms with Gasteiger partial charge in [0.25, 0.3) is 0 Å². The van der Waals surface area contributed by atoms with Crippen LogP contribution in [0.5, 0.6) is 0 Å². The Morgan fingerprint density at radius 2 is 0.559 bits per heavy atom. The Balaban J connectivity index is 0.877. The fourth-order valence-electron chi connectivity index (χ4n) is 10.2. The molecule has 0 bridgehead atoms. The van der Waals surface area contributed by atoms with E-state index in [2.05, 4.69) is 231 Å². The molecule has 0 saturated heterocycles. The summed E-state index contributed by atoms with van der Waals surface area (Å²) in [5.74, 6) is 0. The fraction of sp³-hybridized carbons (Fsp3) is 0.0169. The largest absolute Gasteiger partial charge is 0.0725 e. The van der Waals surface area contributed by atoms with Gasteiger partial charge >= 0.3 is 0 Å². The molecule has 0 heteroatoms. The van der Waals surface area contributed by atoms with Crippen molar-refractivity contribution in [2.45, 2.75) is 5.41 Å². The predicted molar refractivity (Wildman–Crippen MR) is 247 cm³/mol. The summed E-state index contributed by atoms with van der Waals surface area (Å²) in [5.41, 5.74) is 22.7. The van der Waals surface area contributed by atoms with Crippen LogP contribution in [-0.4, -0.2) is 0 Å². The van der Waals surface area contributed by atoms with Crippen LogP contribution in [0.3, 0.4) is 0 Å². The number of rotatable bonds is 5. The molecular weight excluding hydrogens is 709 g/mol. The van der Waals surface area contributed by atoms with Gasteiger partial charge in [-0.1, -0.05) is 206 Å². The van der Waals surface area contributed by atoms with E-state index < -0.39 is 0 Å². The molecule has 0 nitrogen and oxygen atoms in total. The first kappa shape index (κ1) is 33.6. The van der Waals surface area contributed by atoms with Gasteiger partial charge in [-0.25, -0.2) is 0 Å². The minimum Gasteiger partial charge on any atom is -0.0619 e. The van der Waals surface area contributed by atoms with Gasteiger partial charge in [0.1, 0.15) is 0 Å². The van der Waals surface area contributed by atoms with E-state index in [0.717, 1.165) is 0 Å². The minimum absolute atomic E-state index is 0.348. The summed E-state index contributed by atoms with van der Waals surface area (Å²) in [5, 5.41) is 2.54. The zero-order valence-corrected chi connectivity index (χ0v) is 32.4. The van der Waals surface area contributed by atoms with Crippen LogP contribution in [0.25, 0.3) is 88.7 Å². The van der Waals surface area contributed by atoms with E-state index in [1.165, 1.54) is 111 Å². The normalized spacial score (nSPS) is 12.9. The van der Waals surface area contributed by atoms with Crippen molar-refractivity contribution in [3.8, 4) is 77.9 Å². The van der Waals surface area contributed by atoms with Gasteiger partial charge in [-0.05, 0) is 135 Å². The average Bonchev–Trinajstić information content (AvgIpc) is 3.79.